The maximum Gasteiger partial charge on any atom is 0.229 e. The van der Waals surface area contributed by atoms with Gasteiger partial charge in [-0.25, -0.2) is 4.68 Å². The van der Waals surface area contributed by atoms with Gasteiger partial charge in [0, 0.05) is 6.07 Å². The Bertz CT molecular complexity index is 804. The minimum absolute atomic E-state index is 0.0501. The van der Waals surface area contributed by atoms with E-state index in [9.17, 15) is 4.79 Å². The summed E-state index contributed by atoms with van der Waals surface area (Å²) >= 11 is 0. The molecule has 23 heavy (non-hydrogen) atoms. The quantitative estimate of drug-likeness (QED) is 0.799. The van der Waals surface area contributed by atoms with E-state index in [0.29, 0.717) is 12.2 Å². The van der Waals surface area contributed by atoms with E-state index in [1.165, 1.54) is 5.56 Å². The molecule has 0 fully saturated rings. The number of anilines is 1. The number of nitrogens with zero attached hydrogens (tertiary/aromatic N) is 2. The number of nitrogens with one attached hydrogen (secondary N) is 1. The van der Waals surface area contributed by atoms with Gasteiger partial charge in [0.1, 0.15) is 5.82 Å². The molecule has 0 bridgehead atoms. The molecule has 116 valence electrons. The van der Waals surface area contributed by atoms with Crippen molar-refractivity contribution in [2.24, 2.45) is 0 Å². The molecule has 1 aromatic heterocycles. The van der Waals surface area contributed by atoms with Crippen LogP contribution in [-0.4, -0.2) is 15.7 Å². The molecule has 4 nitrogen and oxygen atoms in total. The predicted molar refractivity (Wildman–Crippen MR) is 91.8 cm³/mol. The monoisotopic (exact) mass is 305 g/mol. The molecule has 1 N–H and O–H groups in total. The summed E-state index contributed by atoms with van der Waals surface area (Å²) in [6, 6.07) is 19.6. The number of benzene rings is 2. The maximum atomic E-state index is 12.3. The molecular formula is C19H19N3O. The van der Waals surface area contributed by atoms with Crippen LogP contribution in [0.1, 0.15) is 16.8 Å². The van der Waals surface area contributed by atoms with Crippen LogP contribution in [0.5, 0.6) is 0 Å². The Kier molecular flexibility index (Phi) is 4.24. The minimum Gasteiger partial charge on any atom is -0.310 e. The summed E-state index contributed by atoms with van der Waals surface area (Å²) in [5.41, 5.74) is 3.97. The normalized spacial score (nSPS) is 10.5. The molecule has 4 heteroatoms. The molecule has 1 heterocycles. The van der Waals surface area contributed by atoms with Gasteiger partial charge in [0.25, 0.3) is 0 Å². The molecule has 0 aliphatic heterocycles. The Hall–Kier alpha value is -2.88. The number of para-hydroxylation sites is 1. The van der Waals surface area contributed by atoms with Crippen LogP contribution in [0.15, 0.2) is 60.7 Å². The molecule has 0 saturated heterocycles. The highest BCUT2D eigenvalue weighted by molar-refractivity contribution is 5.91. The zero-order valence-electron chi connectivity index (χ0n) is 13.3. The van der Waals surface area contributed by atoms with Crippen molar-refractivity contribution in [2.45, 2.75) is 20.3 Å². The van der Waals surface area contributed by atoms with Crippen LogP contribution in [0.25, 0.3) is 5.69 Å². The highest BCUT2D eigenvalue weighted by Gasteiger charge is 2.11. The highest BCUT2D eigenvalue weighted by atomic mass is 16.1. The largest absolute Gasteiger partial charge is 0.310 e. The minimum atomic E-state index is -0.0501. The topological polar surface area (TPSA) is 46.9 Å². The molecule has 0 atom stereocenters. The van der Waals surface area contributed by atoms with Crippen molar-refractivity contribution in [2.75, 3.05) is 5.32 Å². The number of carbonyl (C=O) groups excluding carboxylic acids is 1. The second-order valence-electron chi connectivity index (χ2n) is 5.63. The summed E-state index contributed by atoms with van der Waals surface area (Å²) < 4.78 is 1.75. The average molecular weight is 305 g/mol. The zero-order valence-corrected chi connectivity index (χ0v) is 13.3. The molecule has 0 saturated carbocycles. The van der Waals surface area contributed by atoms with Gasteiger partial charge < -0.3 is 5.32 Å². The number of hydrogen-bond donors (Lipinski definition) is 1. The fourth-order valence-electron chi connectivity index (χ4n) is 2.43. The fourth-order valence-corrected chi connectivity index (χ4v) is 2.43. The lowest BCUT2D eigenvalue weighted by Gasteiger charge is -2.09. The molecule has 0 unspecified atom stereocenters. The van der Waals surface area contributed by atoms with Gasteiger partial charge in [0.15, 0.2) is 0 Å². The molecule has 0 aliphatic carbocycles. The maximum absolute atomic E-state index is 12.3. The first-order valence-corrected chi connectivity index (χ1v) is 7.59. The van der Waals surface area contributed by atoms with Crippen molar-refractivity contribution in [3.8, 4) is 5.69 Å². The van der Waals surface area contributed by atoms with Crippen LogP contribution >= 0.6 is 0 Å². The first-order valence-electron chi connectivity index (χ1n) is 7.59. The SMILES string of the molecule is Cc1ccc(CC(=O)Nc2cc(C)nn2-c2ccccc2)cc1. The second-order valence-corrected chi connectivity index (χ2v) is 5.63. The summed E-state index contributed by atoms with van der Waals surface area (Å²) in [5, 5.41) is 7.41. The van der Waals surface area contributed by atoms with Gasteiger partial charge in [0.05, 0.1) is 17.8 Å². The Morgan fingerprint density at radius 1 is 1.04 bits per heavy atom. The standard InChI is InChI=1S/C19H19N3O/c1-14-8-10-16(11-9-14)13-19(23)20-18-12-15(2)21-22(18)17-6-4-3-5-7-17/h3-12H,13H2,1-2H3,(H,20,23). The van der Waals surface area contributed by atoms with E-state index >= 15 is 0 Å². The Balaban J connectivity index is 1.77. The average Bonchev–Trinajstić information content (AvgIpc) is 2.91. The summed E-state index contributed by atoms with van der Waals surface area (Å²) in [7, 11) is 0. The van der Waals surface area contributed by atoms with Gasteiger partial charge >= 0.3 is 0 Å². The number of hydrogen-bond acceptors (Lipinski definition) is 2. The van der Waals surface area contributed by atoms with Crippen LogP contribution in [0.2, 0.25) is 0 Å². The second kappa shape index (κ2) is 6.48. The van der Waals surface area contributed by atoms with Crippen molar-refractivity contribution >= 4 is 11.7 Å². The smallest absolute Gasteiger partial charge is 0.229 e. The molecule has 0 spiro atoms. The van der Waals surface area contributed by atoms with Crippen LogP contribution in [-0.2, 0) is 11.2 Å². The van der Waals surface area contributed by atoms with Gasteiger partial charge in [-0.3, -0.25) is 4.79 Å². The fraction of sp³-hybridized carbons (Fsp3) is 0.158. The molecule has 2 aromatic carbocycles. The van der Waals surface area contributed by atoms with E-state index in [0.717, 1.165) is 16.9 Å². The van der Waals surface area contributed by atoms with Gasteiger partial charge in [0.2, 0.25) is 5.91 Å². The number of amides is 1. The number of aromatic nitrogens is 2. The van der Waals surface area contributed by atoms with E-state index in [4.69, 9.17) is 0 Å². The van der Waals surface area contributed by atoms with Gasteiger partial charge in [-0.2, -0.15) is 5.10 Å². The number of carbonyl (C=O) groups is 1. The molecular weight excluding hydrogens is 286 g/mol. The molecule has 3 aromatic rings. The van der Waals surface area contributed by atoms with Crippen molar-refractivity contribution in [3.63, 3.8) is 0 Å². The molecule has 1 amide bonds. The van der Waals surface area contributed by atoms with E-state index in [-0.39, 0.29) is 5.91 Å². The van der Waals surface area contributed by atoms with E-state index in [1.807, 2.05) is 74.5 Å². The Morgan fingerprint density at radius 2 is 1.74 bits per heavy atom. The third-order valence-corrected chi connectivity index (χ3v) is 3.59. The molecule has 0 radical (unpaired) electrons. The third-order valence-electron chi connectivity index (χ3n) is 3.59. The summed E-state index contributed by atoms with van der Waals surface area (Å²) in [5.74, 6) is 0.636. The van der Waals surface area contributed by atoms with Crippen LogP contribution in [0, 0.1) is 13.8 Å². The van der Waals surface area contributed by atoms with Crippen LogP contribution in [0.3, 0.4) is 0 Å². The number of aryl methyl sites for hydroxylation is 2. The van der Waals surface area contributed by atoms with Gasteiger partial charge in [-0.1, -0.05) is 48.0 Å². The summed E-state index contributed by atoms with van der Waals surface area (Å²) in [6.45, 7) is 3.94. The van der Waals surface area contributed by atoms with Crippen molar-refractivity contribution in [3.05, 3.63) is 77.5 Å². The van der Waals surface area contributed by atoms with E-state index < -0.39 is 0 Å². The van der Waals surface area contributed by atoms with Crippen LogP contribution in [0.4, 0.5) is 5.82 Å². The Morgan fingerprint density at radius 3 is 2.43 bits per heavy atom. The summed E-state index contributed by atoms with van der Waals surface area (Å²) in [4.78, 5) is 12.3. The predicted octanol–water partition coefficient (Wildman–Crippen LogP) is 3.67. The lowest BCUT2D eigenvalue weighted by Crippen LogP contribution is -2.17. The van der Waals surface area contributed by atoms with Gasteiger partial charge in [-0.15, -0.1) is 0 Å². The van der Waals surface area contributed by atoms with Crippen molar-refractivity contribution < 1.29 is 4.79 Å². The Labute approximate surface area is 135 Å². The zero-order chi connectivity index (χ0) is 16.2. The van der Waals surface area contributed by atoms with Crippen molar-refractivity contribution in [1.29, 1.82) is 0 Å². The van der Waals surface area contributed by atoms with Crippen molar-refractivity contribution in [1.82, 2.24) is 9.78 Å². The first-order chi connectivity index (χ1) is 11.1. The number of rotatable bonds is 4. The van der Waals surface area contributed by atoms with Gasteiger partial charge in [-0.05, 0) is 31.5 Å². The lowest BCUT2D eigenvalue weighted by atomic mass is 10.1. The highest BCUT2D eigenvalue weighted by Crippen LogP contribution is 2.17. The summed E-state index contributed by atoms with van der Waals surface area (Å²) in [6.07, 6.45) is 0.347. The van der Waals surface area contributed by atoms with E-state index in [1.54, 1.807) is 4.68 Å². The third kappa shape index (κ3) is 3.66. The van der Waals surface area contributed by atoms with Crippen LogP contribution < -0.4 is 5.32 Å². The molecule has 0 aliphatic rings. The first kappa shape index (κ1) is 15.0. The molecule has 3 rings (SSSR count). The lowest BCUT2D eigenvalue weighted by molar-refractivity contribution is -0.115. The van der Waals surface area contributed by atoms with E-state index in [2.05, 4.69) is 10.4 Å².